The molecule has 0 saturated heterocycles. The molecule has 2 aliphatic rings. The molecule has 1 atom stereocenters. The van der Waals surface area contributed by atoms with Crippen LogP contribution < -0.4 is 0 Å². The maximum Gasteiger partial charge on any atom is 0.391 e. The van der Waals surface area contributed by atoms with Gasteiger partial charge >= 0.3 is 6.11 Å². The summed E-state index contributed by atoms with van der Waals surface area (Å²) in [5.74, 6) is 2.50. The Hall–Kier alpha value is -2.33. The van der Waals surface area contributed by atoms with Crippen LogP contribution in [0.4, 0.5) is 13.2 Å². The Bertz CT molecular complexity index is 1040. The van der Waals surface area contributed by atoms with Crippen molar-refractivity contribution in [2.75, 3.05) is 0 Å². The van der Waals surface area contributed by atoms with Gasteiger partial charge in [0.25, 0.3) is 0 Å². The average Bonchev–Trinajstić information content (AvgIpc) is 3.00. The smallest absolute Gasteiger partial charge is 0.313 e. The Balaban J connectivity index is 1.23. The van der Waals surface area contributed by atoms with Crippen molar-refractivity contribution >= 4 is 0 Å². The molecule has 0 amide bonds. The van der Waals surface area contributed by atoms with Crippen molar-refractivity contribution in [3.05, 3.63) is 95.6 Å². The van der Waals surface area contributed by atoms with E-state index in [1.165, 1.54) is 69.1 Å². The summed E-state index contributed by atoms with van der Waals surface area (Å²) in [5.41, 5.74) is 2.97. The predicted molar refractivity (Wildman–Crippen MR) is 159 cm³/mol. The van der Waals surface area contributed by atoms with Crippen LogP contribution >= 0.6 is 0 Å². The van der Waals surface area contributed by atoms with Crippen LogP contribution in [0.3, 0.4) is 0 Å². The summed E-state index contributed by atoms with van der Waals surface area (Å²) in [6.07, 6.45) is 14.0. The second-order valence-corrected chi connectivity index (χ2v) is 12.1. The molecule has 0 bridgehead atoms. The van der Waals surface area contributed by atoms with E-state index < -0.39 is 12.3 Å². The Morgan fingerprint density at radius 3 is 1.80 bits per heavy atom. The highest BCUT2D eigenvalue weighted by molar-refractivity contribution is 5.28. The van der Waals surface area contributed by atoms with Crippen LogP contribution in [-0.4, -0.2) is 6.11 Å². The molecule has 1 unspecified atom stereocenters. The second-order valence-electron chi connectivity index (χ2n) is 12.1. The fraction of sp³-hybridized carbons (Fsp3) is 0.556. The number of alkyl halides is 3. The van der Waals surface area contributed by atoms with Crippen LogP contribution in [0.5, 0.6) is 0 Å². The SMILES string of the molecule is C=CCCC1CCC(c2ccc(C(F)C(F)(F)OCc3ccc(C4CCC(CCC=CC)CC4)cc3)cc2)CC1. The lowest BCUT2D eigenvalue weighted by Crippen LogP contribution is -2.27. The largest absolute Gasteiger partial charge is 0.391 e. The minimum absolute atomic E-state index is 0.0370. The lowest BCUT2D eigenvalue weighted by atomic mass is 9.77. The van der Waals surface area contributed by atoms with Gasteiger partial charge in [0.2, 0.25) is 6.17 Å². The summed E-state index contributed by atoms with van der Waals surface area (Å²) >= 11 is 0. The van der Waals surface area contributed by atoms with E-state index in [9.17, 15) is 13.2 Å². The molecule has 40 heavy (non-hydrogen) atoms. The molecule has 2 aliphatic carbocycles. The van der Waals surface area contributed by atoms with E-state index in [1.54, 1.807) is 0 Å². The molecule has 4 heteroatoms. The monoisotopic (exact) mass is 552 g/mol. The number of rotatable bonds is 13. The Morgan fingerprint density at radius 1 is 0.800 bits per heavy atom. The van der Waals surface area contributed by atoms with Crippen molar-refractivity contribution in [1.82, 2.24) is 0 Å². The molecule has 0 radical (unpaired) electrons. The Kier molecular flexibility index (Phi) is 11.5. The molecule has 0 heterocycles. The lowest BCUT2D eigenvalue weighted by Gasteiger charge is -2.29. The zero-order valence-corrected chi connectivity index (χ0v) is 24.2. The van der Waals surface area contributed by atoms with Crippen LogP contribution in [0.25, 0.3) is 0 Å². The normalized spacial score (nSPS) is 24.7. The molecule has 218 valence electrons. The van der Waals surface area contributed by atoms with Crippen LogP contribution in [0, 0.1) is 11.8 Å². The van der Waals surface area contributed by atoms with Gasteiger partial charge in [-0.15, -0.1) is 6.58 Å². The van der Waals surface area contributed by atoms with Gasteiger partial charge in [0.15, 0.2) is 0 Å². The first kappa shape index (κ1) is 30.6. The van der Waals surface area contributed by atoms with Gasteiger partial charge in [0.05, 0.1) is 6.61 Å². The van der Waals surface area contributed by atoms with Gasteiger partial charge in [0.1, 0.15) is 0 Å². The van der Waals surface area contributed by atoms with Gasteiger partial charge in [-0.05, 0) is 130 Å². The molecule has 4 rings (SSSR count). The van der Waals surface area contributed by atoms with Crippen molar-refractivity contribution in [3.8, 4) is 0 Å². The molecule has 1 nitrogen and oxygen atoms in total. The molecular weight excluding hydrogens is 505 g/mol. The lowest BCUT2D eigenvalue weighted by molar-refractivity contribution is -0.282. The van der Waals surface area contributed by atoms with Crippen molar-refractivity contribution in [3.63, 3.8) is 0 Å². The van der Waals surface area contributed by atoms with Gasteiger partial charge in [-0.1, -0.05) is 66.8 Å². The highest BCUT2D eigenvalue weighted by atomic mass is 19.3. The zero-order valence-electron chi connectivity index (χ0n) is 24.2. The maximum atomic E-state index is 14.9. The highest BCUT2D eigenvalue weighted by Gasteiger charge is 2.43. The average molecular weight is 553 g/mol. The van der Waals surface area contributed by atoms with Gasteiger partial charge in [-0.2, -0.15) is 8.78 Å². The molecule has 0 aliphatic heterocycles. The van der Waals surface area contributed by atoms with Gasteiger partial charge < -0.3 is 4.74 Å². The number of allylic oxidation sites excluding steroid dienone is 3. The van der Waals surface area contributed by atoms with Crippen molar-refractivity contribution in [1.29, 1.82) is 0 Å². The first-order chi connectivity index (χ1) is 19.4. The van der Waals surface area contributed by atoms with Crippen LogP contribution in [0.15, 0.2) is 73.3 Å². The third kappa shape index (κ3) is 8.59. The standard InChI is InChI=1S/C36H47F3O/c1-3-5-7-9-28-12-18-30(19-13-28)32-20-14-29(15-21-32)26-40-36(38,39)35(37)34-24-22-33(23-25-34)31-16-10-27(11-17-31)8-6-4-2/h3-5,14-15,20-25,27-28,30-31,35H,2,6-13,16-19,26H2,1H3. The fourth-order valence-corrected chi connectivity index (χ4v) is 6.69. The maximum absolute atomic E-state index is 14.9. The molecule has 0 spiro atoms. The quantitative estimate of drug-likeness (QED) is 0.225. The van der Waals surface area contributed by atoms with E-state index >= 15 is 0 Å². The number of halogens is 3. The van der Waals surface area contributed by atoms with E-state index in [2.05, 4.69) is 25.7 Å². The predicted octanol–water partition coefficient (Wildman–Crippen LogP) is 11.4. The molecular formula is C36H47F3O. The highest BCUT2D eigenvalue weighted by Crippen LogP contribution is 2.41. The third-order valence-corrected chi connectivity index (χ3v) is 9.33. The van der Waals surface area contributed by atoms with E-state index in [-0.39, 0.29) is 12.2 Å². The summed E-state index contributed by atoms with van der Waals surface area (Å²) in [6, 6.07) is 14.4. The summed E-state index contributed by atoms with van der Waals surface area (Å²) in [7, 11) is 0. The first-order valence-electron chi connectivity index (χ1n) is 15.5. The van der Waals surface area contributed by atoms with Crippen molar-refractivity contribution in [2.24, 2.45) is 11.8 Å². The molecule has 2 aromatic carbocycles. The molecule has 0 aromatic heterocycles. The van der Waals surface area contributed by atoms with E-state index in [1.807, 2.05) is 42.5 Å². The van der Waals surface area contributed by atoms with Gasteiger partial charge in [-0.3, -0.25) is 0 Å². The number of hydrogen-bond donors (Lipinski definition) is 0. The van der Waals surface area contributed by atoms with E-state index in [0.29, 0.717) is 17.4 Å². The van der Waals surface area contributed by atoms with E-state index in [0.717, 1.165) is 43.1 Å². The van der Waals surface area contributed by atoms with Crippen molar-refractivity contribution < 1.29 is 17.9 Å². The third-order valence-electron chi connectivity index (χ3n) is 9.33. The Morgan fingerprint density at radius 2 is 1.30 bits per heavy atom. The van der Waals surface area contributed by atoms with Crippen molar-refractivity contribution in [2.45, 2.75) is 115 Å². The Labute approximate surface area is 239 Å². The van der Waals surface area contributed by atoms with Gasteiger partial charge in [0, 0.05) is 0 Å². The fourth-order valence-electron chi connectivity index (χ4n) is 6.69. The minimum Gasteiger partial charge on any atom is -0.313 e. The summed E-state index contributed by atoms with van der Waals surface area (Å²) < 4.78 is 49.2. The molecule has 2 saturated carbocycles. The molecule has 0 N–H and O–H groups in total. The van der Waals surface area contributed by atoms with Gasteiger partial charge in [-0.25, -0.2) is 4.39 Å². The zero-order chi connectivity index (χ0) is 28.4. The number of hydrogen-bond acceptors (Lipinski definition) is 1. The molecule has 2 aromatic rings. The first-order valence-corrected chi connectivity index (χ1v) is 15.5. The number of benzene rings is 2. The van der Waals surface area contributed by atoms with Crippen LogP contribution in [0.2, 0.25) is 0 Å². The van der Waals surface area contributed by atoms with Crippen LogP contribution in [0.1, 0.15) is 124 Å². The second kappa shape index (κ2) is 15.1. The number of ether oxygens (including phenoxy) is 1. The van der Waals surface area contributed by atoms with E-state index in [4.69, 9.17) is 4.74 Å². The summed E-state index contributed by atoms with van der Waals surface area (Å²) in [5, 5.41) is 0. The topological polar surface area (TPSA) is 9.23 Å². The summed E-state index contributed by atoms with van der Waals surface area (Å²) in [4.78, 5) is 0. The summed E-state index contributed by atoms with van der Waals surface area (Å²) in [6.45, 7) is 5.56. The minimum atomic E-state index is -3.89. The van der Waals surface area contributed by atoms with Crippen LogP contribution in [-0.2, 0) is 11.3 Å². The molecule has 2 fully saturated rings.